The smallest absolute Gasteiger partial charge is 0.136 e. The van der Waals surface area contributed by atoms with Gasteiger partial charge in [-0.2, -0.15) is 5.26 Å². The summed E-state index contributed by atoms with van der Waals surface area (Å²) >= 11 is 1.60. The maximum Gasteiger partial charge on any atom is 0.136 e. The molecule has 0 aromatic carbocycles. The SMILES string of the molecule is C#CC1CCCc2sc(/N=C/N(C)C)c(C#N)c21. The second-order valence-corrected chi connectivity index (χ2v) is 5.63. The molecule has 1 aromatic rings. The highest BCUT2D eigenvalue weighted by Gasteiger charge is 2.26. The molecule has 0 N–H and O–H groups in total. The molecule has 0 radical (unpaired) electrons. The van der Waals surface area contributed by atoms with Crippen LogP contribution in [0, 0.1) is 23.7 Å². The van der Waals surface area contributed by atoms with Crippen LogP contribution in [0.5, 0.6) is 0 Å². The van der Waals surface area contributed by atoms with E-state index >= 15 is 0 Å². The summed E-state index contributed by atoms with van der Waals surface area (Å²) in [5.41, 5.74) is 1.73. The third kappa shape index (κ3) is 2.25. The van der Waals surface area contributed by atoms with E-state index in [1.807, 2.05) is 19.0 Å². The van der Waals surface area contributed by atoms with E-state index in [2.05, 4.69) is 17.0 Å². The van der Waals surface area contributed by atoms with Crippen LogP contribution in [0.25, 0.3) is 0 Å². The van der Waals surface area contributed by atoms with Crippen LogP contribution in [0.15, 0.2) is 4.99 Å². The molecule has 92 valence electrons. The Balaban J connectivity index is 2.49. The van der Waals surface area contributed by atoms with Crippen LogP contribution < -0.4 is 0 Å². The van der Waals surface area contributed by atoms with Gasteiger partial charge in [0, 0.05) is 30.5 Å². The first kappa shape index (κ1) is 12.7. The van der Waals surface area contributed by atoms with Gasteiger partial charge in [-0.1, -0.05) is 5.92 Å². The molecule has 0 aliphatic heterocycles. The molecule has 4 heteroatoms. The minimum absolute atomic E-state index is 0.0861. The number of fused-ring (bicyclic) bond motifs is 1. The summed E-state index contributed by atoms with van der Waals surface area (Å²) < 4.78 is 0. The van der Waals surface area contributed by atoms with Gasteiger partial charge in [-0.15, -0.1) is 17.8 Å². The Morgan fingerprint density at radius 3 is 2.94 bits per heavy atom. The van der Waals surface area contributed by atoms with E-state index in [-0.39, 0.29) is 5.92 Å². The number of hydrogen-bond donors (Lipinski definition) is 0. The molecule has 18 heavy (non-hydrogen) atoms. The Morgan fingerprint density at radius 1 is 1.56 bits per heavy atom. The summed E-state index contributed by atoms with van der Waals surface area (Å²) in [6, 6.07) is 2.27. The fourth-order valence-electron chi connectivity index (χ4n) is 2.18. The number of aryl methyl sites for hydroxylation is 1. The molecule has 0 fully saturated rings. The Labute approximate surface area is 112 Å². The molecule has 0 saturated heterocycles. The summed E-state index contributed by atoms with van der Waals surface area (Å²) in [5.74, 6) is 2.89. The minimum Gasteiger partial charge on any atom is -0.369 e. The molecule has 0 spiro atoms. The number of terminal acetylenes is 1. The highest BCUT2D eigenvalue weighted by Crippen LogP contribution is 2.44. The Hall–Kier alpha value is -1.78. The van der Waals surface area contributed by atoms with E-state index in [1.165, 1.54) is 4.88 Å². The number of nitriles is 1. The van der Waals surface area contributed by atoms with Crippen LogP contribution in [0.2, 0.25) is 0 Å². The number of thiophene rings is 1. The topological polar surface area (TPSA) is 39.4 Å². The summed E-state index contributed by atoms with van der Waals surface area (Å²) in [5, 5.41) is 10.1. The Morgan fingerprint density at radius 2 is 2.33 bits per heavy atom. The van der Waals surface area contributed by atoms with Crippen LogP contribution in [-0.4, -0.2) is 25.3 Å². The maximum absolute atomic E-state index is 9.34. The second-order valence-electron chi connectivity index (χ2n) is 4.55. The standard InChI is InChI=1S/C14H15N3S/c1-4-10-6-5-7-12-13(10)11(8-15)14(18-12)16-9-17(2)3/h1,9-10H,5-7H2,2-3H3/b16-9+. The largest absolute Gasteiger partial charge is 0.369 e. The normalized spacial score (nSPS) is 18.1. The van der Waals surface area contributed by atoms with Gasteiger partial charge in [0.25, 0.3) is 0 Å². The van der Waals surface area contributed by atoms with Crippen molar-refractivity contribution < 1.29 is 0 Å². The molecular formula is C14H15N3S. The monoisotopic (exact) mass is 257 g/mol. The fourth-order valence-corrected chi connectivity index (χ4v) is 3.37. The van der Waals surface area contributed by atoms with Crippen LogP contribution in [0.1, 0.15) is 34.8 Å². The first-order valence-electron chi connectivity index (χ1n) is 5.89. The van der Waals surface area contributed by atoms with Crippen molar-refractivity contribution in [2.45, 2.75) is 25.2 Å². The van der Waals surface area contributed by atoms with Crippen LogP contribution in [0.4, 0.5) is 5.00 Å². The van der Waals surface area contributed by atoms with Gasteiger partial charge in [-0.3, -0.25) is 0 Å². The van der Waals surface area contributed by atoms with Crippen molar-refractivity contribution in [1.29, 1.82) is 5.26 Å². The Bertz CT molecular complexity index is 555. The van der Waals surface area contributed by atoms with E-state index in [4.69, 9.17) is 6.42 Å². The van der Waals surface area contributed by atoms with Crippen LogP contribution >= 0.6 is 11.3 Å². The zero-order valence-electron chi connectivity index (χ0n) is 10.6. The molecule has 3 nitrogen and oxygen atoms in total. The first-order chi connectivity index (χ1) is 8.67. The zero-order chi connectivity index (χ0) is 13.1. The molecule has 0 amide bonds. The van der Waals surface area contributed by atoms with Gasteiger partial charge in [0.1, 0.15) is 11.1 Å². The lowest BCUT2D eigenvalue weighted by molar-refractivity contribution is 0.643. The molecule has 1 unspecified atom stereocenters. The van der Waals surface area contributed by atoms with Gasteiger partial charge >= 0.3 is 0 Å². The van der Waals surface area contributed by atoms with Crippen molar-refractivity contribution >= 4 is 22.7 Å². The summed E-state index contributed by atoms with van der Waals surface area (Å²) in [6.07, 6.45) is 10.4. The number of rotatable bonds is 2. The van der Waals surface area contributed by atoms with Gasteiger partial charge in [0.15, 0.2) is 0 Å². The molecule has 1 aliphatic rings. The quantitative estimate of drug-likeness (QED) is 0.464. The van der Waals surface area contributed by atoms with Crippen molar-refractivity contribution in [2.75, 3.05) is 14.1 Å². The van der Waals surface area contributed by atoms with Crippen LogP contribution in [0.3, 0.4) is 0 Å². The molecule has 1 aromatic heterocycles. The average molecular weight is 257 g/mol. The maximum atomic E-state index is 9.34. The van der Waals surface area contributed by atoms with Crippen molar-refractivity contribution in [3.05, 3.63) is 16.0 Å². The van der Waals surface area contributed by atoms with Crippen molar-refractivity contribution in [3.63, 3.8) is 0 Å². The lowest BCUT2D eigenvalue weighted by Crippen LogP contribution is -2.07. The van der Waals surface area contributed by atoms with Crippen LogP contribution in [-0.2, 0) is 6.42 Å². The minimum atomic E-state index is 0.0861. The molecule has 0 saturated carbocycles. The van der Waals surface area contributed by atoms with E-state index in [0.29, 0.717) is 5.56 Å². The number of nitrogens with zero attached hydrogens (tertiary/aromatic N) is 3. The predicted octanol–water partition coefficient (Wildman–Crippen LogP) is 2.89. The third-order valence-corrected chi connectivity index (χ3v) is 4.14. The number of aliphatic imine (C=N–C) groups is 1. The van der Waals surface area contributed by atoms with Gasteiger partial charge in [0.05, 0.1) is 11.9 Å². The average Bonchev–Trinajstić information content (AvgIpc) is 2.73. The molecular weight excluding hydrogens is 242 g/mol. The van der Waals surface area contributed by atoms with Crippen molar-refractivity contribution in [1.82, 2.24) is 4.90 Å². The lowest BCUT2D eigenvalue weighted by atomic mass is 9.86. The van der Waals surface area contributed by atoms with E-state index in [0.717, 1.165) is 29.8 Å². The highest BCUT2D eigenvalue weighted by atomic mass is 32.1. The third-order valence-electron chi connectivity index (χ3n) is 2.97. The summed E-state index contributed by atoms with van der Waals surface area (Å²) in [7, 11) is 3.82. The van der Waals surface area contributed by atoms with Crippen molar-refractivity contribution in [2.24, 2.45) is 4.99 Å². The second kappa shape index (κ2) is 5.25. The van der Waals surface area contributed by atoms with Gasteiger partial charge in [-0.05, 0) is 19.3 Å². The lowest BCUT2D eigenvalue weighted by Gasteiger charge is -2.17. The number of hydrogen-bond acceptors (Lipinski definition) is 3. The molecule has 1 aliphatic carbocycles. The molecule has 1 atom stereocenters. The highest BCUT2D eigenvalue weighted by molar-refractivity contribution is 7.16. The van der Waals surface area contributed by atoms with Gasteiger partial charge in [0.2, 0.25) is 0 Å². The molecule has 2 rings (SSSR count). The molecule has 1 heterocycles. The molecule has 0 bridgehead atoms. The zero-order valence-corrected chi connectivity index (χ0v) is 11.4. The van der Waals surface area contributed by atoms with E-state index in [1.54, 1.807) is 17.7 Å². The summed E-state index contributed by atoms with van der Waals surface area (Å²) in [4.78, 5) is 7.48. The van der Waals surface area contributed by atoms with Crippen molar-refractivity contribution in [3.8, 4) is 18.4 Å². The van der Waals surface area contributed by atoms with E-state index < -0.39 is 0 Å². The van der Waals surface area contributed by atoms with Gasteiger partial charge in [-0.25, -0.2) is 4.99 Å². The first-order valence-corrected chi connectivity index (χ1v) is 6.71. The van der Waals surface area contributed by atoms with E-state index in [9.17, 15) is 5.26 Å². The van der Waals surface area contributed by atoms with Gasteiger partial charge < -0.3 is 4.90 Å². The fraction of sp³-hybridized carbons (Fsp3) is 0.429. The summed E-state index contributed by atoms with van der Waals surface area (Å²) in [6.45, 7) is 0. The Kier molecular flexibility index (Phi) is 3.69. The predicted molar refractivity (Wildman–Crippen MR) is 75.4 cm³/mol.